The number of nitriles is 1. The smallest absolute Gasteiger partial charge is 0.255 e. The number of anilines is 1. The van der Waals surface area contributed by atoms with Crippen molar-refractivity contribution in [1.82, 2.24) is 4.98 Å². The normalized spacial score (nSPS) is 10.0. The van der Waals surface area contributed by atoms with E-state index in [-0.39, 0.29) is 5.91 Å². The molecule has 0 aliphatic carbocycles. The lowest BCUT2D eigenvalue weighted by Gasteiger charge is -2.10. The molecule has 0 saturated carbocycles. The summed E-state index contributed by atoms with van der Waals surface area (Å²) in [5.74, 6) is 0.176. The number of hydrogen-bond acceptors (Lipinski definition) is 4. The molecule has 0 aliphatic rings. The monoisotopic (exact) mass is 363 g/mol. The van der Waals surface area contributed by atoms with Crippen LogP contribution in [0.1, 0.15) is 21.5 Å². The lowest BCUT2D eigenvalue weighted by atomic mass is 10.1. The summed E-state index contributed by atoms with van der Waals surface area (Å²) in [5, 5.41) is 12.8. The standard InChI is InChI=1S/C20H14ClN3O2/c21-17-3-1-14(2-4-17)13-26-19-6-5-18(11-16(19)12-22)24-20(25)15-7-9-23-10-8-15/h1-11H,13H2,(H,24,25). The van der Waals surface area contributed by atoms with Crippen LogP contribution in [0.5, 0.6) is 5.75 Å². The number of pyridine rings is 1. The fraction of sp³-hybridized carbons (Fsp3) is 0.0500. The minimum absolute atomic E-state index is 0.272. The summed E-state index contributed by atoms with van der Waals surface area (Å²) in [6.45, 7) is 0.314. The maximum Gasteiger partial charge on any atom is 0.255 e. The second-order valence-corrected chi connectivity index (χ2v) is 5.86. The predicted octanol–water partition coefficient (Wildman–Crippen LogP) is 4.44. The number of hydrogen-bond donors (Lipinski definition) is 1. The van der Waals surface area contributed by atoms with Crippen molar-refractivity contribution >= 4 is 23.2 Å². The fourth-order valence-electron chi connectivity index (χ4n) is 2.27. The maximum absolute atomic E-state index is 12.2. The number of amides is 1. The predicted molar refractivity (Wildman–Crippen MR) is 99.1 cm³/mol. The Bertz CT molecular complexity index is 951. The fourth-order valence-corrected chi connectivity index (χ4v) is 2.40. The third-order valence-electron chi connectivity index (χ3n) is 3.61. The van der Waals surface area contributed by atoms with Crippen LogP contribution in [0, 0.1) is 11.3 Å². The Balaban J connectivity index is 1.70. The Labute approximate surface area is 155 Å². The van der Waals surface area contributed by atoms with E-state index in [1.165, 1.54) is 0 Å². The molecule has 0 saturated heterocycles. The van der Waals surface area contributed by atoms with Crippen LogP contribution in [0.15, 0.2) is 67.0 Å². The molecule has 0 radical (unpaired) electrons. The topological polar surface area (TPSA) is 75.0 Å². The van der Waals surface area contributed by atoms with Gasteiger partial charge in [-0.15, -0.1) is 0 Å². The molecule has 0 spiro atoms. The summed E-state index contributed by atoms with van der Waals surface area (Å²) in [5.41, 5.74) is 2.28. The summed E-state index contributed by atoms with van der Waals surface area (Å²) in [4.78, 5) is 16.1. The second-order valence-electron chi connectivity index (χ2n) is 5.43. The van der Waals surface area contributed by atoms with E-state index >= 15 is 0 Å². The molecule has 0 fully saturated rings. The molecule has 1 heterocycles. The number of carbonyl (C=O) groups is 1. The van der Waals surface area contributed by atoms with E-state index in [0.29, 0.717) is 34.2 Å². The average Bonchev–Trinajstić information content (AvgIpc) is 2.68. The van der Waals surface area contributed by atoms with E-state index in [1.807, 2.05) is 12.1 Å². The molecule has 1 amide bonds. The second kappa shape index (κ2) is 8.15. The van der Waals surface area contributed by atoms with E-state index < -0.39 is 0 Å². The maximum atomic E-state index is 12.2. The molecule has 0 unspecified atom stereocenters. The first-order chi connectivity index (χ1) is 12.7. The number of nitrogens with one attached hydrogen (secondary N) is 1. The molecular weight excluding hydrogens is 350 g/mol. The van der Waals surface area contributed by atoms with Crippen molar-refractivity contribution in [3.63, 3.8) is 0 Å². The van der Waals surface area contributed by atoms with Gasteiger partial charge in [0.15, 0.2) is 0 Å². The van der Waals surface area contributed by atoms with E-state index in [4.69, 9.17) is 16.3 Å². The van der Waals surface area contributed by atoms with Crippen molar-refractivity contribution in [1.29, 1.82) is 5.26 Å². The molecule has 26 heavy (non-hydrogen) atoms. The summed E-state index contributed by atoms with van der Waals surface area (Å²) in [6, 6.07) is 17.5. The average molecular weight is 364 g/mol. The first-order valence-electron chi connectivity index (χ1n) is 7.78. The van der Waals surface area contributed by atoms with Gasteiger partial charge in [0, 0.05) is 28.7 Å². The van der Waals surface area contributed by atoms with Crippen molar-refractivity contribution in [2.75, 3.05) is 5.32 Å². The highest BCUT2D eigenvalue weighted by molar-refractivity contribution is 6.30. The van der Waals surface area contributed by atoms with Gasteiger partial charge in [-0.1, -0.05) is 23.7 Å². The molecule has 0 atom stereocenters. The highest BCUT2D eigenvalue weighted by atomic mass is 35.5. The van der Waals surface area contributed by atoms with Gasteiger partial charge in [0.1, 0.15) is 18.4 Å². The zero-order chi connectivity index (χ0) is 18.4. The van der Waals surface area contributed by atoms with Gasteiger partial charge in [-0.3, -0.25) is 9.78 Å². The Morgan fingerprint density at radius 2 is 1.85 bits per heavy atom. The molecular formula is C20H14ClN3O2. The van der Waals surface area contributed by atoms with Crippen molar-refractivity contribution in [3.8, 4) is 11.8 Å². The SMILES string of the molecule is N#Cc1cc(NC(=O)c2ccncc2)ccc1OCc1ccc(Cl)cc1. The summed E-state index contributed by atoms with van der Waals surface area (Å²) >= 11 is 5.86. The van der Waals surface area contributed by atoms with Crippen molar-refractivity contribution in [2.45, 2.75) is 6.61 Å². The summed E-state index contributed by atoms with van der Waals surface area (Å²) in [7, 11) is 0. The van der Waals surface area contributed by atoms with Gasteiger partial charge in [-0.05, 0) is 48.0 Å². The molecule has 1 aromatic heterocycles. The number of ether oxygens (including phenoxy) is 1. The van der Waals surface area contributed by atoms with Crippen LogP contribution >= 0.6 is 11.6 Å². The molecule has 5 nitrogen and oxygen atoms in total. The third kappa shape index (κ3) is 4.38. The molecule has 6 heteroatoms. The first kappa shape index (κ1) is 17.5. The van der Waals surface area contributed by atoms with Gasteiger partial charge in [0.05, 0.1) is 5.56 Å². The summed E-state index contributed by atoms with van der Waals surface area (Å²) < 4.78 is 5.71. The van der Waals surface area contributed by atoms with Crippen molar-refractivity contribution in [2.24, 2.45) is 0 Å². The lowest BCUT2D eigenvalue weighted by Crippen LogP contribution is -2.12. The molecule has 0 bridgehead atoms. The van der Waals surface area contributed by atoms with Crippen LogP contribution < -0.4 is 10.1 Å². The van der Waals surface area contributed by atoms with Crippen LogP contribution in [0.2, 0.25) is 5.02 Å². The molecule has 3 aromatic rings. The number of carbonyl (C=O) groups excluding carboxylic acids is 1. The minimum atomic E-state index is -0.272. The van der Waals surface area contributed by atoms with Crippen molar-refractivity contribution < 1.29 is 9.53 Å². The Morgan fingerprint density at radius 1 is 1.12 bits per heavy atom. The minimum Gasteiger partial charge on any atom is -0.488 e. The van der Waals surface area contributed by atoms with E-state index in [1.54, 1.807) is 54.9 Å². The Hall–Kier alpha value is -3.36. The zero-order valence-electron chi connectivity index (χ0n) is 13.6. The van der Waals surface area contributed by atoms with Gasteiger partial charge in [-0.25, -0.2) is 0 Å². The largest absolute Gasteiger partial charge is 0.488 e. The van der Waals surface area contributed by atoms with Crippen LogP contribution in [0.25, 0.3) is 0 Å². The quantitative estimate of drug-likeness (QED) is 0.727. The van der Waals surface area contributed by atoms with Crippen molar-refractivity contribution in [3.05, 3.63) is 88.7 Å². The molecule has 0 aliphatic heterocycles. The van der Waals surface area contributed by atoms with Gasteiger partial charge in [0.25, 0.3) is 5.91 Å². The highest BCUT2D eigenvalue weighted by Crippen LogP contribution is 2.24. The number of halogens is 1. The Morgan fingerprint density at radius 3 is 2.54 bits per heavy atom. The van der Waals surface area contributed by atoms with Gasteiger partial charge in [-0.2, -0.15) is 5.26 Å². The van der Waals surface area contributed by atoms with Gasteiger partial charge < -0.3 is 10.1 Å². The van der Waals surface area contributed by atoms with E-state index in [0.717, 1.165) is 5.56 Å². The van der Waals surface area contributed by atoms with Crippen LogP contribution in [-0.4, -0.2) is 10.9 Å². The molecule has 3 rings (SSSR count). The number of benzene rings is 2. The number of rotatable bonds is 5. The van der Waals surface area contributed by atoms with E-state index in [9.17, 15) is 10.1 Å². The van der Waals surface area contributed by atoms with Gasteiger partial charge >= 0.3 is 0 Å². The van der Waals surface area contributed by atoms with Crippen LogP contribution in [-0.2, 0) is 6.61 Å². The molecule has 128 valence electrons. The van der Waals surface area contributed by atoms with Crippen LogP contribution in [0.4, 0.5) is 5.69 Å². The summed E-state index contributed by atoms with van der Waals surface area (Å²) in [6.07, 6.45) is 3.09. The number of nitrogens with zero attached hydrogens (tertiary/aromatic N) is 2. The zero-order valence-corrected chi connectivity index (χ0v) is 14.4. The van der Waals surface area contributed by atoms with Gasteiger partial charge in [0.2, 0.25) is 0 Å². The highest BCUT2D eigenvalue weighted by Gasteiger charge is 2.09. The van der Waals surface area contributed by atoms with Crippen LogP contribution in [0.3, 0.4) is 0 Å². The number of aromatic nitrogens is 1. The molecule has 2 aromatic carbocycles. The molecule has 1 N–H and O–H groups in total. The Kier molecular flexibility index (Phi) is 5.47. The van der Waals surface area contributed by atoms with E-state index in [2.05, 4.69) is 16.4 Å². The first-order valence-corrected chi connectivity index (χ1v) is 8.16. The third-order valence-corrected chi connectivity index (χ3v) is 3.86. The lowest BCUT2D eigenvalue weighted by molar-refractivity contribution is 0.102.